The molecule has 3 atom stereocenters. The van der Waals surface area contributed by atoms with Gasteiger partial charge in [-0.25, -0.2) is 38.5 Å². The first-order valence-electron chi connectivity index (χ1n) is 20.8. The molecule has 1 amide bonds. The number of amides is 1. The largest absolute Gasteiger partial charge is 0.490 e. The number of nitrogens with one attached hydrogen (secondary N) is 2. The number of thiazole rings is 1. The zero-order chi connectivity index (χ0) is 44.7. The number of unbranched alkanes of at least 4 members (excludes halogenated alkanes) is 3. The number of aromatic nitrogens is 5. The first kappa shape index (κ1) is 44.6. The number of hydrogen-bond acceptors (Lipinski definition) is 14. The van der Waals surface area contributed by atoms with Crippen molar-refractivity contribution in [3.63, 3.8) is 0 Å². The predicted molar refractivity (Wildman–Crippen MR) is 233 cm³/mol. The van der Waals surface area contributed by atoms with E-state index in [0.29, 0.717) is 91.4 Å². The third-order valence-electron chi connectivity index (χ3n) is 11.3. The average Bonchev–Trinajstić information content (AvgIpc) is 3.84. The van der Waals surface area contributed by atoms with Gasteiger partial charge in [-0.2, -0.15) is 4.39 Å². The topological polar surface area (TPSA) is 180 Å². The third kappa shape index (κ3) is 10.0. The number of ether oxygens (including phenoxy) is 2. The lowest BCUT2D eigenvalue weighted by Gasteiger charge is -2.36. The van der Waals surface area contributed by atoms with Gasteiger partial charge in [0.15, 0.2) is 34.1 Å². The van der Waals surface area contributed by atoms with Crippen LogP contribution in [0.4, 0.5) is 18.9 Å². The Hall–Kier alpha value is -6.02. The second kappa shape index (κ2) is 20.2. The number of nitrogens with zero attached hydrogens (tertiary/aromatic N) is 8. The number of aliphatic imine (C=N–C) groups is 1. The molecule has 0 aliphatic carbocycles. The van der Waals surface area contributed by atoms with Gasteiger partial charge in [0.1, 0.15) is 17.9 Å². The third-order valence-corrected chi connectivity index (χ3v) is 12.4. The Morgan fingerprint density at radius 3 is 2.62 bits per heavy atom. The summed E-state index contributed by atoms with van der Waals surface area (Å²) in [6, 6.07) is 6.15. The molecule has 8 rings (SSSR count). The van der Waals surface area contributed by atoms with Gasteiger partial charge in [0, 0.05) is 102 Å². The molecule has 3 aliphatic rings. The number of benzene rings is 2. The summed E-state index contributed by atoms with van der Waals surface area (Å²) in [6.45, 7) is 3.85. The number of carbonyl (C=O) groups is 2. The number of hydrogen-bond donors (Lipinski definition) is 3. The molecule has 1 unspecified atom stereocenters. The maximum Gasteiger partial charge on any atom is 0.335 e. The van der Waals surface area contributed by atoms with Crippen molar-refractivity contribution in [3.8, 4) is 17.4 Å². The Kier molecular flexibility index (Phi) is 14.1. The van der Waals surface area contributed by atoms with E-state index in [-0.39, 0.29) is 48.1 Å². The second-order valence-electron chi connectivity index (χ2n) is 15.3. The number of carboxylic acid groups (broad SMARTS) is 1. The van der Waals surface area contributed by atoms with Crippen molar-refractivity contribution < 1.29 is 37.3 Å². The highest BCUT2D eigenvalue weighted by molar-refractivity contribution is 7.11. The molecule has 20 heteroatoms. The number of fused-ring (bicyclic) bond motifs is 1. The van der Waals surface area contributed by atoms with Crippen LogP contribution in [-0.4, -0.2) is 105 Å². The molecule has 3 N–H and O–H groups in total. The second-order valence-corrected chi connectivity index (χ2v) is 16.6. The standard InChI is InChI=1S/C44H44ClF3N10O5S/c1-25-29-22-53-40(39-49-11-6-12-50-39)54-32(29)9-14-58(25)27-20-31(47)37(48)35(21-27)63-16-5-3-2-4-10-51-42(59)34-24-62-17-15-57(34)23-33-36(44(60)61)38(28-8-7-26(46)19-30(28)45)56-41(55-33)43-52-13-18-64-43/h6-8,11-13,18-22,25,34,38H,2-5,9-10,14-17,23-24H2,1H3,(H,51,59)(H,55,56)(H,60,61)/t25?,34-,38-/m0/s1. The van der Waals surface area contributed by atoms with E-state index < -0.39 is 35.5 Å². The molecule has 1 saturated heterocycles. The molecule has 0 saturated carbocycles. The molecular formula is C44H44ClF3N10O5S. The smallest absolute Gasteiger partial charge is 0.335 e. The van der Waals surface area contributed by atoms with Gasteiger partial charge >= 0.3 is 5.97 Å². The molecule has 6 heterocycles. The zero-order valence-electron chi connectivity index (χ0n) is 34.6. The van der Waals surface area contributed by atoms with Gasteiger partial charge in [-0.1, -0.05) is 30.5 Å². The van der Waals surface area contributed by atoms with E-state index in [2.05, 4.69) is 40.5 Å². The quantitative estimate of drug-likeness (QED) is 0.0918. The minimum absolute atomic E-state index is 0.0274. The fourth-order valence-electron chi connectivity index (χ4n) is 7.99. The Labute approximate surface area is 375 Å². The lowest BCUT2D eigenvalue weighted by Crippen LogP contribution is -2.55. The van der Waals surface area contributed by atoms with Gasteiger partial charge in [0.05, 0.1) is 37.1 Å². The molecule has 3 aromatic heterocycles. The van der Waals surface area contributed by atoms with Crippen molar-refractivity contribution >= 4 is 46.3 Å². The molecule has 15 nitrogen and oxygen atoms in total. The highest BCUT2D eigenvalue weighted by Crippen LogP contribution is 2.38. The van der Waals surface area contributed by atoms with Gasteiger partial charge in [-0.15, -0.1) is 11.3 Å². The van der Waals surface area contributed by atoms with Crippen LogP contribution in [0.3, 0.4) is 0 Å². The van der Waals surface area contributed by atoms with Crippen LogP contribution in [0.1, 0.15) is 66.5 Å². The van der Waals surface area contributed by atoms with Crippen LogP contribution in [0.25, 0.3) is 11.6 Å². The first-order valence-corrected chi connectivity index (χ1v) is 22.1. The molecular weight excluding hydrogens is 873 g/mol. The normalized spacial score (nSPS) is 18.9. The summed E-state index contributed by atoms with van der Waals surface area (Å²) < 4.78 is 55.3. The SMILES string of the molecule is CC1c2cnc(-c3ncccn3)nc2CCN1c1cc(F)c(F)c(OCCCCCCNC(=O)[C@@H]2COCCN2CC2=C(C(=O)O)[C@H](c3ccc(F)cc3Cl)N=C(c3nccs3)N2)c1. The Balaban J connectivity index is 0.828. The van der Waals surface area contributed by atoms with Crippen LogP contribution >= 0.6 is 22.9 Å². The minimum atomic E-state index is -1.25. The summed E-state index contributed by atoms with van der Waals surface area (Å²) in [6.07, 6.45) is 9.84. The first-order chi connectivity index (χ1) is 31.0. The molecule has 0 bridgehead atoms. The van der Waals surface area contributed by atoms with Crippen molar-refractivity contribution in [1.29, 1.82) is 0 Å². The molecule has 1 fully saturated rings. The number of carboxylic acids is 1. The molecule has 3 aliphatic heterocycles. The molecule has 64 heavy (non-hydrogen) atoms. The van der Waals surface area contributed by atoms with Gasteiger partial charge < -0.3 is 30.1 Å². The maximum atomic E-state index is 14.9. The van der Waals surface area contributed by atoms with E-state index in [1.54, 1.807) is 36.2 Å². The fourth-order valence-corrected chi connectivity index (χ4v) is 8.85. The van der Waals surface area contributed by atoms with E-state index in [9.17, 15) is 27.9 Å². The zero-order valence-corrected chi connectivity index (χ0v) is 36.2. The van der Waals surface area contributed by atoms with Crippen molar-refractivity contribution in [2.24, 2.45) is 4.99 Å². The summed E-state index contributed by atoms with van der Waals surface area (Å²) in [4.78, 5) is 56.8. The van der Waals surface area contributed by atoms with E-state index in [4.69, 9.17) is 21.1 Å². The highest BCUT2D eigenvalue weighted by atomic mass is 35.5. The number of rotatable bonds is 16. The van der Waals surface area contributed by atoms with Crippen LogP contribution in [0.5, 0.6) is 5.75 Å². The Bertz CT molecular complexity index is 2550. The van der Waals surface area contributed by atoms with Crippen LogP contribution < -0.4 is 20.3 Å². The molecule has 0 radical (unpaired) electrons. The van der Waals surface area contributed by atoms with E-state index in [1.807, 2.05) is 16.7 Å². The molecule has 334 valence electrons. The van der Waals surface area contributed by atoms with E-state index in [1.165, 1.54) is 35.6 Å². The van der Waals surface area contributed by atoms with Gasteiger partial charge in [-0.3, -0.25) is 14.7 Å². The molecule has 0 spiro atoms. The number of morpholine rings is 1. The summed E-state index contributed by atoms with van der Waals surface area (Å²) >= 11 is 7.73. The van der Waals surface area contributed by atoms with Crippen molar-refractivity contribution in [1.82, 2.24) is 40.5 Å². The number of halogens is 4. The van der Waals surface area contributed by atoms with Gasteiger partial charge in [-0.05, 0) is 38.0 Å². The summed E-state index contributed by atoms with van der Waals surface area (Å²) in [5, 5.41) is 18.9. The van der Waals surface area contributed by atoms with Gasteiger partial charge in [0.25, 0.3) is 0 Å². The molecule has 2 aromatic carbocycles. The van der Waals surface area contributed by atoms with Crippen molar-refractivity contribution in [2.75, 3.05) is 50.9 Å². The average molecular weight is 917 g/mol. The number of amidine groups is 1. The summed E-state index contributed by atoms with van der Waals surface area (Å²) in [7, 11) is 0. The minimum Gasteiger partial charge on any atom is -0.490 e. The maximum absolute atomic E-state index is 14.9. The fraction of sp³-hybridized carbons (Fsp3) is 0.364. The number of anilines is 1. The monoisotopic (exact) mass is 916 g/mol. The van der Waals surface area contributed by atoms with Crippen LogP contribution in [0.15, 0.2) is 82.8 Å². The van der Waals surface area contributed by atoms with Crippen molar-refractivity contribution in [2.45, 2.75) is 57.2 Å². The predicted octanol–water partition coefficient (Wildman–Crippen LogP) is 6.47. The lowest BCUT2D eigenvalue weighted by molar-refractivity contribution is -0.133. The summed E-state index contributed by atoms with van der Waals surface area (Å²) in [5.74, 6) is -3.11. The van der Waals surface area contributed by atoms with Gasteiger partial charge in [0.2, 0.25) is 11.7 Å². The Morgan fingerprint density at radius 1 is 1.02 bits per heavy atom. The van der Waals surface area contributed by atoms with Crippen LogP contribution in [0.2, 0.25) is 5.02 Å². The number of aliphatic carboxylic acids is 1. The van der Waals surface area contributed by atoms with Crippen LogP contribution in [0, 0.1) is 17.5 Å². The van der Waals surface area contributed by atoms with Crippen LogP contribution in [-0.2, 0) is 20.7 Å². The van der Waals surface area contributed by atoms with E-state index in [0.717, 1.165) is 23.7 Å². The Morgan fingerprint density at radius 2 is 1.84 bits per heavy atom. The highest BCUT2D eigenvalue weighted by Gasteiger charge is 2.37. The lowest BCUT2D eigenvalue weighted by atomic mass is 9.95. The summed E-state index contributed by atoms with van der Waals surface area (Å²) in [5.41, 5.74) is 2.74. The molecule has 5 aromatic rings. The van der Waals surface area contributed by atoms with E-state index >= 15 is 0 Å². The van der Waals surface area contributed by atoms with Crippen molar-refractivity contribution in [3.05, 3.63) is 122 Å². The number of carbonyl (C=O) groups excluding carboxylic acids is 1.